The van der Waals surface area contributed by atoms with Crippen LogP contribution in [0.5, 0.6) is 34.5 Å². The molecule has 5 fully saturated rings. The first kappa shape index (κ1) is 54.1. The Kier molecular flexibility index (Phi) is 13.0. The van der Waals surface area contributed by atoms with Gasteiger partial charge in [0.15, 0.2) is 46.9 Å². The van der Waals surface area contributed by atoms with E-state index in [1.807, 2.05) is 55.4 Å². The number of phenolic OH excluding ortho intramolecular Hbond substituents is 5. The molecule has 2 spiro atoms. The molecule has 10 atom stereocenters. The molecule has 5 aliphatic carbocycles. The van der Waals surface area contributed by atoms with Crippen molar-refractivity contribution in [2.75, 3.05) is 0 Å². The van der Waals surface area contributed by atoms with Crippen molar-refractivity contribution in [2.24, 2.45) is 34.0 Å². The number of aldehydes is 2. The highest BCUT2D eigenvalue weighted by Gasteiger charge is 2.71. The van der Waals surface area contributed by atoms with Crippen LogP contribution in [0.3, 0.4) is 0 Å². The van der Waals surface area contributed by atoms with Crippen LogP contribution in [0.1, 0.15) is 226 Å². The lowest BCUT2D eigenvalue weighted by Gasteiger charge is -2.60. The molecule has 0 aromatic heterocycles. The summed E-state index contributed by atoms with van der Waals surface area (Å²) in [4.78, 5) is 62.7. The Bertz CT molecular complexity index is 2880. The summed E-state index contributed by atoms with van der Waals surface area (Å²) in [5.74, 6) is -3.34. The van der Waals surface area contributed by atoms with E-state index in [-0.39, 0.29) is 86.9 Å². The van der Waals surface area contributed by atoms with Crippen LogP contribution in [0.4, 0.5) is 0 Å². The number of hydrogen-bond acceptors (Lipinski definition) is 15. The Hall–Kier alpha value is -5.67. The summed E-state index contributed by atoms with van der Waals surface area (Å²) in [5, 5.41) is 75.5. The second-order valence-electron chi connectivity index (χ2n) is 26.0. The van der Waals surface area contributed by atoms with Crippen LogP contribution in [0.25, 0.3) is 0 Å². The van der Waals surface area contributed by atoms with Crippen molar-refractivity contribution < 1.29 is 73.9 Å². The quantitative estimate of drug-likeness (QED) is 0.0543. The molecule has 15 heteroatoms. The molecule has 2 saturated heterocycles. The third-order valence-electron chi connectivity index (χ3n) is 19.4. The van der Waals surface area contributed by atoms with Gasteiger partial charge >= 0.3 is 17.9 Å². The monoisotopic (exact) mass is 1040 g/mol. The molecular weight excluding hydrogens is 961 g/mol. The number of aliphatic hydroxyl groups is 2. The second kappa shape index (κ2) is 18.0. The van der Waals surface area contributed by atoms with E-state index in [2.05, 4.69) is 27.7 Å². The molecule has 0 radical (unpaired) electrons. The zero-order valence-corrected chi connectivity index (χ0v) is 45.4. The number of ether oxygens (including phenoxy) is 3. The van der Waals surface area contributed by atoms with Gasteiger partial charge in [-0.05, 0) is 96.3 Å². The van der Waals surface area contributed by atoms with E-state index < -0.39 is 58.0 Å². The topological polar surface area (TPSA) is 255 Å². The van der Waals surface area contributed by atoms with Crippen molar-refractivity contribution in [1.82, 2.24) is 0 Å². The van der Waals surface area contributed by atoms with Gasteiger partial charge in [0.25, 0.3) is 0 Å². The van der Waals surface area contributed by atoms with Crippen LogP contribution < -0.4 is 4.74 Å². The molecule has 0 amide bonds. The minimum atomic E-state index is -1.19. The largest absolute Gasteiger partial charge is 0.504 e. The van der Waals surface area contributed by atoms with Gasteiger partial charge in [0.2, 0.25) is 0 Å². The molecule has 3 aromatic rings. The average molecular weight is 1040 g/mol. The Labute approximate surface area is 439 Å². The third kappa shape index (κ3) is 7.34. The first-order valence-electron chi connectivity index (χ1n) is 27.0. The molecule has 12 rings (SSSR count). The van der Waals surface area contributed by atoms with Crippen LogP contribution >= 0.6 is 0 Å². The summed E-state index contributed by atoms with van der Waals surface area (Å²) >= 11 is 0. The number of esters is 3. The minimum Gasteiger partial charge on any atom is -0.504 e. The highest BCUT2D eigenvalue weighted by Crippen LogP contribution is 2.69. The van der Waals surface area contributed by atoms with Crippen LogP contribution in [0.15, 0.2) is 18.2 Å². The molecule has 0 unspecified atom stereocenters. The summed E-state index contributed by atoms with van der Waals surface area (Å²) in [5.41, 5.74) is 0.409. The Morgan fingerprint density at radius 2 is 0.987 bits per heavy atom. The van der Waals surface area contributed by atoms with Crippen LogP contribution in [0.2, 0.25) is 0 Å². The van der Waals surface area contributed by atoms with Crippen LogP contribution in [0, 0.1) is 34.0 Å². The van der Waals surface area contributed by atoms with Gasteiger partial charge in [-0.2, -0.15) is 0 Å². The number of carbonyl (C=O) groups is 5. The van der Waals surface area contributed by atoms with E-state index in [9.17, 15) is 59.7 Å². The maximum absolute atomic E-state index is 13.0. The van der Waals surface area contributed by atoms with Crippen LogP contribution in [-0.2, 0) is 44.9 Å². The predicted molar refractivity (Wildman–Crippen MR) is 275 cm³/mol. The zero-order chi connectivity index (χ0) is 55.2. The molecule has 3 saturated carbocycles. The lowest BCUT2D eigenvalue weighted by molar-refractivity contribution is -0.213. The maximum atomic E-state index is 13.0. The predicted octanol–water partition coefficient (Wildman–Crippen LogP) is 10.0. The number of rotatable bonds is 5. The Morgan fingerprint density at radius 1 is 0.533 bits per heavy atom. The Balaban J connectivity index is 0.000000138. The van der Waals surface area contributed by atoms with Gasteiger partial charge in [-0.15, -0.1) is 0 Å². The van der Waals surface area contributed by atoms with E-state index in [1.165, 1.54) is 0 Å². The van der Waals surface area contributed by atoms with E-state index in [4.69, 9.17) is 14.2 Å². The van der Waals surface area contributed by atoms with Gasteiger partial charge in [-0.25, -0.2) is 0 Å². The number of phenols is 5. The van der Waals surface area contributed by atoms with Gasteiger partial charge in [0, 0.05) is 62.3 Å². The summed E-state index contributed by atoms with van der Waals surface area (Å²) in [6.07, 6.45) is 4.92. The molecule has 15 nitrogen and oxygen atoms in total. The fraction of sp³-hybridized carbons (Fsp3) is 0.617. The number of aromatic hydroxyl groups is 5. The summed E-state index contributed by atoms with van der Waals surface area (Å²) in [6, 6.07) is 5.17. The minimum absolute atomic E-state index is 0.000547. The number of carbonyl (C=O) groups excluding carboxylic acids is 5. The van der Waals surface area contributed by atoms with Crippen molar-refractivity contribution in [3.05, 3.63) is 68.3 Å². The number of hydrogen-bond donors (Lipinski definition) is 7. The fourth-order valence-electron chi connectivity index (χ4n) is 16.1. The standard InChI is InChI=1S/2C20H26O5.C20H24O5/c1-9(2)10-8-11-12(14(22)13(10)21)20-7-5-6-19(3,4)17(20)15(23)16(11)25-18(20)24;1-9(2)10-8-11-12(15(23)13(10)21)20-7-5-6-19(3,4)17(20)16(14(11)22)25-18(20)24;1-11(2)13-8-12(9-21)15-17(16(13)23)25-18(24)20(15)7-5-6-19(3,4)14(20)10-22/h8-9,15-17,21-23H,5-7H2,1-4H3;8-9,14,16-17,21-23H,5-7H2,1-4H3;8-11,14,23H,5-7H2,1-4H3/t15-,16+,17-,20-;14-,16+,17-,20-;14-,20+/m000/s1. The fourth-order valence-corrected chi connectivity index (χ4v) is 16.1. The lowest BCUT2D eigenvalue weighted by atomic mass is 9.46. The maximum Gasteiger partial charge on any atom is 0.323 e. The smallest absolute Gasteiger partial charge is 0.323 e. The highest BCUT2D eigenvalue weighted by atomic mass is 16.6. The molecular formula is C60H76O15. The second-order valence-corrected chi connectivity index (χ2v) is 26.0. The van der Waals surface area contributed by atoms with Crippen molar-refractivity contribution in [3.63, 3.8) is 0 Å². The van der Waals surface area contributed by atoms with E-state index in [1.54, 1.807) is 18.2 Å². The van der Waals surface area contributed by atoms with Gasteiger partial charge < -0.3 is 54.8 Å². The molecule has 7 N–H and O–H groups in total. The van der Waals surface area contributed by atoms with Gasteiger partial charge in [-0.3, -0.25) is 19.2 Å². The average Bonchev–Trinajstić information content (AvgIpc) is 3.80. The molecule has 4 heterocycles. The molecule has 75 heavy (non-hydrogen) atoms. The Morgan fingerprint density at radius 3 is 1.51 bits per heavy atom. The SMILES string of the molecule is CC(C)c1cc(C=O)c2c(c1O)OC(=O)[C@@]21CCCC(C)(C)[C@@H]1C=O.CC(C)c1cc2c(c(O)c1O)[C@@]13CCCC(C)(C)[C@@H]1[C@@H](O)[C@@H]2OC3=O.CC(C)c1cc2c(c(O)c1O)[C@@]13CCCC(C)(C)[C@@H]1[C@H](OC3=O)[C@H]2O. The normalized spacial score (nSPS) is 32.6. The first-order chi connectivity index (χ1) is 35.0. The summed E-state index contributed by atoms with van der Waals surface area (Å²) in [6.45, 7) is 23.7. The highest BCUT2D eigenvalue weighted by molar-refractivity contribution is 5.99. The number of aliphatic hydroxyl groups excluding tert-OH is 2. The number of benzene rings is 3. The van der Waals surface area contributed by atoms with Crippen molar-refractivity contribution in [2.45, 2.75) is 199 Å². The van der Waals surface area contributed by atoms with E-state index in [0.717, 1.165) is 44.8 Å². The van der Waals surface area contributed by atoms with Crippen LogP contribution in [-0.4, -0.2) is 78.4 Å². The van der Waals surface area contributed by atoms with E-state index in [0.29, 0.717) is 75.6 Å². The third-order valence-corrected chi connectivity index (χ3v) is 19.4. The van der Waals surface area contributed by atoms with Crippen molar-refractivity contribution in [3.8, 4) is 34.5 Å². The summed E-state index contributed by atoms with van der Waals surface area (Å²) in [7, 11) is 0. The van der Waals surface area contributed by atoms with Gasteiger partial charge in [-0.1, -0.05) is 102 Å². The molecule has 9 aliphatic rings. The zero-order valence-electron chi connectivity index (χ0n) is 45.4. The molecule has 4 bridgehead atoms. The number of fused-ring (bicyclic) bond motifs is 4. The van der Waals surface area contributed by atoms with Gasteiger partial charge in [0.05, 0.1) is 6.10 Å². The first-order valence-corrected chi connectivity index (χ1v) is 27.0. The van der Waals surface area contributed by atoms with Crippen molar-refractivity contribution in [1.29, 1.82) is 0 Å². The van der Waals surface area contributed by atoms with Crippen molar-refractivity contribution >= 4 is 30.5 Å². The summed E-state index contributed by atoms with van der Waals surface area (Å²) < 4.78 is 16.8. The van der Waals surface area contributed by atoms with E-state index >= 15 is 0 Å². The lowest BCUT2D eigenvalue weighted by Crippen LogP contribution is -2.65. The molecule has 3 aromatic carbocycles. The molecule has 406 valence electrons. The molecule has 4 aliphatic heterocycles. The van der Waals surface area contributed by atoms with Gasteiger partial charge in [0.1, 0.15) is 34.7 Å².